The van der Waals surface area contributed by atoms with Crippen LogP contribution in [0.5, 0.6) is 0 Å². The molecule has 0 atom stereocenters. The van der Waals surface area contributed by atoms with Crippen LogP contribution in [0.25, 0.3) is 77.8 Å². The molecule has 9 aromatic rings. The molecule has 0 radical (unpaired) electrons. The number of pyridine rings is 1. The fourth-order valence-electron chi connectivity index (χ4n) is 7.66. The van der Waals surface area contributed by atoms with E-state index in [1.807, 2.05) is 6.20 Å². The van der Waals surface area contributed by atoms with Crippen molar-refractivity contribution in [1.82, 2.24) is 18.7 Å². The van der Waals surface area contributed by atoms with Crippen LogP contribution in [-0.4, -0.2) is 18.7 Å². The normalized spacial score (nSPS) is 13.1. The van der Waals surface area contributed by atoms with E-state index in [1.54, 1.807) is 0 Å². The molecule has 0 bridgehead atoms. The lowest BCUT2D eigenvalue weighted by molar-refractivity contribution is 0.968. The minimum absolute atomic E-state index is 0.913. The van der Waals surface area contributed by atoms with Crippen LogP contribution < -0.4 is 0 Å². The minimum atomic E-state index is 0.913. The molecule has 0 spiro atoms. The summed E-state index contributed by atoms with van der Waals surface area (Å²) >= 11 is 0. The van der Waals surface area contributed by atoms with Crippen molar-refractivity contribution in [2.75, 3.05) is 0 Å². The molecule has 5 aromatic carbocycles. The Hall–Kier alpha value is -5.87. The minimum Gasteiger partial charge on any atom is -0.310 e. The highest BCUT2D eigenvalue weighted by molar-refractivity contribution is 6.11. The zero-order valence-electron chi connectivity index (χ0n) is 24.6. The average molecular weight is 577 g/mol. The van der Waals surface area contributed by atoms with E-state index in [1.165, 1.54) is 60.4 Å². The molecule has 0 unspecified atom stereocenters. The maximum Gasteiger partial charge on any atom is 0.137 e. The molecule has 0 amide bonds. The maximum absolute atomic E-state index is 5.06. The van der Waals surface area contributed by atoms with E-state index in [0.29, 0.717) is 0 Å². The van der Waals surface area contributed by atoms with Crippen LogP contribution in [-0.2, 0) is 6.42 Å². The topological polar surface area (TPSA) is 27.7 Å². The summed E-state index contributed by atoms with van der Waals surface area (Å²) in [5.41, 5.74) is 10.9. The van der Waals surface area contributed by atoms with E-state index in [0.717, 1.165) is 35.4 Å². The Labute approximate surface area is 259 Å². The highest BCUT2D eigenvalue weighted by Gasteiger charge is 2.20. The van der Waals surface area contributed by atoms with Crippen molar-refractivity contribution in [3.05, 3.63) is 151 Å². The van der Waals surface area contributed by atoms with Crippen molar-refractivity contribution < 1.29 is 0 Å². The SMILES string of the molecule is C1=Cc2c(c3ccccc3n2-c2ccc3c(c2)c2ccccc2n3-c2ccc(-n3c4ccccc4c4ccccc43)nc2)CC1. The molecule has 0 saturated heterocycles. The summed E-state index contributed by atoms with van der Waals surface area (Å²) in [6, 6.07) is 45.9. The molecule has 0 N–H and O–H groups in total. The first-order valence-electron chi connectivity index (χ1n) is 15.6. The van der Waals surface area contributed by atoms with E-state index in [2.05, 4.69) is 153 Å². The zero-order chi connectivity index (χ0) is 29.5. The summed E-state index contributed by atoms with van der Waals surface area (Å²) in [6.07, 6.45) is 8.80. The third-order valence-corrected chi connectivity index (χ3v) is 9.57. The van der Waals surface area contributed by atoms with Crippen LogP contribution in [0.3, 0.4) is 0 Å². The summed E-state index contributed by atoms with van der Waals surface area (Å²) in [5, 5.41) is 6.31. The summed E-state index contributed by atoms with van der Waals surface area (Å²) in [6.45, 7) is 0. The molecule has 212 valence electrons. The number of allylic oxidation sites excluding steroid dienone is 1. The number of benzene rings is 5. The largest absolute Gasteiger partial charge is 0.310 e. The van der Waals surface area contributed by atoms with Gasteiger partial charge < -0.3 is 9.13 Å². The quantitative estimate of drug-likeness (QED) is 0.206. The first-order chi connectivity index (χ1) is 22.3. The molecular formula is C41H28N4. The lowest BCUT2D eigenvalue weighted by atomic mass is 10.0. The van der Waals surface area contributed by atoms with E-state index >= 15 is 0 Å². The van der Waals surface area contributed by atoms with E-state index in [9.17, 15) is 0 Å². The van der Waals surface area contributed by atoms with Gasteiger partial charge in [0.2, 0.25) is 0 Å². The fraction of sp³-hybridized carbons (Fsp3) is 0.0488. The molecule has 45 heavy (non-hydrogen) atoms. The second kappa shape index (κ2) is 9.31. The highest BCUT2D eigenvalue weighted by Crippen LogP contribution is 2.38. The van der Waals surface area contributed by atoms with Crippen LogP contribution >= 0.6 is 0 Å². The van der Waals surface area contributed by atoms with E-state index < -0.39 is 0 Å². The maximum atomic E-state index is 5.06. The van der Waals surface area contributed by atoms with Crippen molar-refractivity contribution in [2.24, 2.45) is 0 Å². The smallest absolute Gasteiger partial charge is 0.137 e. The molecule has 10 rings (SSSR count). The Morgan fingerprint density at radius 2 is 1.02 bits per heavy atom. The highest BCUT2D eigenvalue weighted by atomic mass is 15.1. The fourth-order valence-corrected chi connectivity index (χ4v) is 7.66. The first-order valence-corrected chi connectivity index (χ1v) is 15.6. The van der Waals surface area contributed by atoms with Gasteiger partial charge in [0.25, 0.3) is 0 Å². The van der Waals surface area contributed by atoms with Crippen LogP contribution in [0.15, 0.2) is 140 Å². The Balaban J connectivity index is 1.16. The second-order valence-corrected chi connectivity index (χ2v) is 12.0. The summed E-state index contributed by atoms with van der Waals surface area (Å²) < 4.78 is 7.05. The number of fused-ring (bicyclic) bond motifs is 9. The Morgan fingerprint density at radius 3 is 1.69 bits per heavy atom. The van der Waals surface area contributed by atoms with Crippen LogP contribution in [0.4, 0.5) is 0 Å². The zero-order valence-corrected chi connectivity index (χ0v) is 24.6. The monoisotopic (exact) mass is 576 g/mol. The molecule has 0 saturated carbocycles. The van der Waals surface area contributed by atoms with E-state index in [4.69, 9.17) is 4.98 Å². The molecule has 4 heteroatoms. The molecule has 1 aliphatic rings. The predicted octanol–water partition coefficient (Wildman–Crippen LogP) is 10.2. The lowest BCUT2D eigenvalue weighted by Gasteiger charge is -2.13. The number of aryl methyl sites for hydroxylation is 1. The van der Waals surface area contributed by atoms with Gasteiger partial charge >= 0.3 is 0 Å². The molecule has 1 aliphatic carbocycles. The van der Waals surface area contributed by atoms with Crippen molar-refractivity contribution in [3.8, 4) is 17.2 Å². The number of nitrogens with zero attached hydrogens (tertiary/aromatic N) is 4. The van der Waals surface area contributed by atoms with Gasteiger partial charge in [0.15, 0.2) is 0 Å². The van der Waals surface area contributed by atoms with Crippen molar-refractivity contribution >= 4 is 60.6 Å². The number of hydrogen-bond donors (Lipinski definition) is 0. The van der Waals surface area contributed by atoms with Gasteiger partial charge in [-0.2, -0.15) is 0 Å². The molecule has 4 aromatic heterocycles. The van der Waals surface area contributed by atoms with Crippen molar-refractivity contribution in [1.29, 1.82) is 0 Å². The van der Waals surface area contributed by atoms with Gasteiger partial charge in [0, 0.05) is 38.3 Å². The van der Waals surface area contributed by atoms with Crippen molar-refractivity contribution in [2.45, 2.75) is 12.8 Å². The molecule has 4 nitrogen and oxygen atoms in total. The Kier molecular flexibility index (Phi) is 5.08. The van der Waals surface area contributed by atoms with Crippen molar-refractivity contribution in [3.63, 3.8) is 0 Å². The van der Waals surface area contributed by atoms with Gasteiger partial charge in [-0.15, -0.1) is 0 Å². The third kappa shape index (κ3) is 3.45. The van der Waals surface area contributed by atoms with Gasteiger partial charge in [-0.1, -0.05) is 78.9 Å². The number of hydrogen-bond acceptors (Lipinski definition) is 1. The van der Waals surface area contributed by atoms with E-state index in [-0.39, 0.29) is 0 Å². The van der Waals surface area contributed by atoms with Gasteiger partial charge in [-0.05, 0) is 79.1 Å². The summed E-state index contributed by atoms with van der Waals surface area (Å²) in [7, 11) is 0. The standard InChI is InChI=1S/C41H28N4/c1-6-16-35-29(11-1)30-12-2-7-17-36(30)43(35)27-21-23-40-34(25-27)33-15-5-8-18-37(33)44(40)28-22-24-41(42-26-28)45-38-19-9-3-13-31(38)32-14-4-10-20-39(32)45/h1,3-11,13-26H,2,12H2. The van der Waals surface area contributed by atoms with Gasteiger partial charge in [0.1, 0.15) is 5.82 Å². The first kappa shape index (κ1) is 24.6. The molecule has 4 heterocycles. The number of rotatable bonds is 3. The van der Waals surface area contributed by atoms with Gasteiger partial charge in [-0.25, -0.2) is 4.98 Å². The lowest BCUT2D eigenvalue weighted by Crippen LogP contribution is -2.01. The number of aromatic nitrogens is 4. The van der Waals surface area contributed by atoms with Gasteiger partial charge in [0.05, 0.1) is 39.5 Å². The third-order valence-electron chi connectivity index (χ3n) is 9.57. The predicted molar refractivity (Wildman–Crippen MR) is 187 cm³/mol. The summed E-state index contributed by atoms with van der Waals surface area (Å²) in [5.74, 6) is 0.913. The average Bonchev–Trinajstić information content (AvgIpc) is 3.74. The van der Waals surface area contributed by atoms with Crippen LogP contribution in [0, 0.1) is 0 Å². The molecule has 0 aliphatic heterocycles. The Bertz CT molecular complexity index is 2590. The van der Waals surface area contributed by atoms with Crippen LogP contribution in [0.1, 0.15) is 17.7 Å². The number of para-hydroxylation sites is 4. The molecule has 0 fully saturated rings. The Morgan fingerprint density at radius 1 is 0.467 bits per heavy atom. The molecular weight excluding hydrogens is 548 g/mol. The van der Waals surface area contributed by atoms with Gasteiger partial charge in [-0.3, -0.25) is 4.57 Å². The second-order valence-electron chi connectivity index (χ2n) is 12.0. The summed E-state index contributed by atoms with van der Waals surface area (Å²) in [4.78, 5) is 5.06. The van der Waals surface area contributed by atoms with Crippen LogP contribution in [0.2, 0.25) is 0 Å².